The van der Waals surface area contributed by atoms with Crippen LogP contribution in [0.3, 0.4) is 0 Å². The van der Waals surface area contributed by atoms with Gasteiger partial charge in [-0.05, 0) is 40.2 Å². The molecule has 1 N–H and O–H groups in total. The molecule has 2 rings (SSSR count). The molecule has 6 heteroatoms. The summed E-state index contributed by atoms with van der Waals surface area (Å²) in [5.41, 5.74) is 0.547. The number of aromatic nitrogens is 1. The van der Waals surface area contributed by atoms with Crippen LogP contribution in [0.4, 0.5) is 10.1 Å². The molecule has 0 unspecified atom stereocenters. The summed E-state index contributed by atoms with van der Waals surface area (Å²) < 4.78 is 19.0. The lowest BCUT2D eigenvalue weighted by molar-refractivity contribution is -0.118. The largest absolute Gasteiger partial charge is 0.481 e. The van der Waals surface area contributed by atoms with Crippen LogP contribution in [-0.4, -0.2) is 17.5 Å². The Morgan fingerprint density at radius 1 is 1.32 bits per heavy atom. The number of hydrogen-bond donors (Lipinski definition) is 1. The SMILES string of the molecule is O=C(COc1ccccc1F)Nc1ccc(Br)nc1. The van der Waals surface area contributed by atoms with E-state index >= 15 is 0 Å². The molecule has 0 aliphatic carbocycles. The summed E-state index contributed by atoms with van der Waals surface area (Å²) in [7, 11) is 0. The summed E-state index contributed by atoms with van der Waals surface area (Å²) in [4.78, 5) is 15.5. The van der Waals surface area contributed by atoms with Gasteiger partial charge in [0.05, 0.1) is 11.9 Å². The maximum atomic E-state index is 13.2. The van der Waals surface area contributed by atoms with Gasteiger partial charge in [-0.15, -0.1) is 0 Å². The minimum absolute atomic E-state index is 0.0478. The molecule has 0 saturated carbocycles. The number of nitrogens with one attached hydrogen (secondary N) is 1. The molecular weight excluding hydrogens is 315 g/mol. The van der Waals surface area contributed by atoms with E-state index in [0.717, 1.165) is 0 Å². The molecule has 0 bridgehead atoms. The van der Waals surface area contributed by atoms with Crippen molar-refractivity contribution in [1.82, 2.24) is 4.98 Å². The molecule has 19 heavy (non-hydrogen) atoms. The van der Waals surface area contributed by atoms with Gasteiger partial charge in [-0.2, -0.15) is 0 Å². The Hall–Kier alpha value is -1.95. The van der Waals surface area contributed by atoms with E-state index < -0.39 is 5.82 Å². The number of amides is 1. The van der Waals surface area contributed by atoms with Crippen molar-refractivity contribution in [2.45, 2.75) is 0 Å². The summed E-state index contributed by atoms with van der Waals surface area (Å²) in [5.74, 6) is -0.834. The summed E-state index contributed by atoms with van der Waals surface area (Å²) in [6.45, 7) is -0.267. The van der Waals surface area contributed by atoms with E-state index in [9.17, 15) is 9.18 Å². The van der Waals surface area contributed by atoms with Gasteiger partial charge in [0, 0.05) is 0 Å². The molecule has 4 nitrogen and oxygen atoms in total. The molecular formula is C13H10BrFN2O2. The van der Waals surface area contributed by atoms with Gasteiger partial charge in [0.25, 0.3) is 5.91 Å². The third kappa shape index (κ3) is 4.03. The third-order valence-electron chi connectivity index (χ3n) is 2.21. The highest BCUT2D eigenvalue weighted by atomic mass is 79.9. The zero-order valence-electron chi connectivity index (χ0n) is 9.77. The molecule has 0 aliphatic rings. The number of hydrogen-bond acceptors (Lipinski definition) is 3. The summed E-state index contributed by atoms with van der Waals surface area (Å²) >= 11 is 3.19. The summed E-state index contributed by atoms with van der Waals surface area (Å²) in [6, 6.07) is 9.31. The molecule has 2 aromatic rings. The maximum absolute atomic E-state index is 13.2. The zero-order chi connectivity index (χ0) is 13.7. The number of benzene rings is 1. The second-order valence-corrected chi connectivity index (χ2v) is 4.45. The first-order valence-corrected chi connectivity index (χ1v) is 6.23. The lowest BCUT2D eigenvalue weighted by Gasteiger charge is -2.07. The number of anilines is 1. The van der Waals surface area contributed by atoms with Gasteiger partial charge in [-0.3, -0.25) is 4.79 Å². The highest BCUT2D eigenvalue weighted by molar-refractivity contribution is 9.10. The van der Waals surface area contributed by atoms with Crippen molar-refractivity contribution in [1.29, 1.82) is 0 Å². The van der Waals surface area contributed by atoms with Crippen molar-refractivity contribution in [3.05, 3.63) is 53.0 Å². The predicted molar refractivity (Wildman–Crippen MR) is 72.5 cm³/mol. The number of pyridine rings is 1. The molecule has 0 saturated heterocycles. The first-order chi connectivity index (χ1) is 9.15. The Balaban J connectivity index is 1.88. The number of rotatable bonds is 4. The van der Waals surface area contributed by atoms with Crippen LogP contribution in [0.2, 0.25) is 0 Å². The lowest BCUT2D eigenvalue weighted by atomic mass is 10.3. The topological polar surface area (TPSA) is 51.2 Å². The average Bonchev–Trinajstić information content (AvgIpc) is 2.40. The average molecular weight is 325 g/mol. The number of carbonyl (C=O) groups is 1. The van der Waals surface area contributed by atoms with Crippen molar-refractivity contribution in [2.24, 2.45) is 0 Å². The Bertz CT molecular complexity index is 575. The van der Waals surface area contributed by atoms with Gasteiger partial charge >= 0.3 is 0 Å². The Morgan fingerprint density at radius 2 is 2.11 bits per heavy atom. The molecule has 1 aromatic carbocycles. The zero-order valence-corrected chi connectivity index (χ0v) is 11.4. The second-order valence-electron chi connectivity index (χ2n) is 3.64. The van der Waals surface area contributed by atoms with Crippen LogP contribution in [0.5, 0.6) is 5.75 Å². The number of para-hydroxylation sites is 1. The molecule has 1 aromatic heterocycles. The first kappa shape index (κ1) is 13.5. The fourth-order valence-electron chi connectivity index (χ4n) is 1.35. The van der Waals surface area contributed by atoms with Crippen LogP contribution in [-0.2, 0) is 4.79 Å². The fourth-order valence-corrected chi connectivity index (χ4v) is 1.59. The van der Waals surface area contributed by atoms with Crippen LogP contribution in [0.15, 0.2) is 47.2 Å². The Labute approximate surface area is 117 Å². The van der Waals surface area contributed by atoms with Crippen molar-refractivity contribution in [3.63, 3.8) is 0 Å². The van der Waals surface area contributed by atoms with Crippen molar-refractivity contribution in [2.75, 3.05) is 11.9 Å². The van der Waals surface area contributed by atoms with Crippen LogP contribution in [0.25, 0.3) is 0 Å². The summed E-state index contributed by atoms with van der Waals surface area (Å²) in [5, 5.41) is 2.59. The van der Waals surface area contributed by atoms with Crippen LogP contribution < -0.4 is 10.1 Å². The van der Waals surface area contributed by atoms with E-state index in [1.165, 1.54) is 18.3 Å². The highest BCUT2D eigenvalue weighted by Gasteiger charge is 2.06. The van der Waals surface area contributed by atoms with Crippen LogP contribution >= 0.6 is 15.9 Å². The molecule has 1 amide bonds. The first-order valence-electron chi connectivity index (χ1n) is 5.44. The summed E-state index contributed by atoms with van der Waals surface area (Å²) in [6.07, 6.45) is 1.51. The van der Waals surface area contributed by atoms with Gasteiger partial charge in [-0.1, -0.05) is 12.1 Å². The van der Waals surface area contributed by atoms with Gasteiger partial charge in [0.1, 0.15) is 4.60 Å². The standard InChI is InChI=1S/C13H10BrFN2O2/c14-12-6-5-9(7-16-12)17-13(18)8-19-11-4-2-1-3-10(11)15/h1-7H,8H2,(H,17,18). The second kappa shape index (κ2) is 6.29. The number of carbonyl (C=O) groups excluding carboxylic acids is 1. The normalized spacial score (nSPS) is 10.0. The monoisotopic (exact) mass is 324 g/mol. The van der Waals surface area contributed by atoms with Gasteiger partial charge in [0.15, 0.2) is 18.2 Å². The van der Waals surface area contributed by atoms with Crippen molar-refractivity contribution in [3.8, 4) is 5.75 Å². The van der Waals surface area contributed by atoms with Crippen LogP contribution in [0, 0.1) is 5.82 Å². The molecule has 0 fully saturated rings. The van der Waals surface area contributed by atoms with Crippen molar-refractivity contribution < 1.29 is 13.9 Å². The smallest absolute Gasteiger partial charge is 0.262 e. The molecule has 0 radical (unpaired) electrons. The minimum atomic E-state index is -0.499. The van der Waals surface area contributed by atoms with E-state index in [4.69, 9.17) is 4.74 Å². The van der Waals surface area contributed by atoms with E-state index in [-0.39, 0.29) is 18.3 Å². The molecule has 98 valence electrons. The fraction of sp³-hybridized carbons (Fsp3) is 0.0769. The van der Waals surface area contributed by atoms with E-state index in [2.05, 4.69) is 26.2 Å². The Kier molecular flexibility index (Phi) is 4.46. The van der Waals surface area contributed by atoms with Gasteiger partial charge in [-0.25, -0.2) is 9.37 Å². The lowest BCUT2D eigenvalue weighted by Crippen LogP contribution is -2.20. The van der Waals surface area contributed by atoms with Crippen LogP contribution in [0.1, 0.15) is 0 Å². The van der Waals surface area contributed by atoms with E-state index in [1.807, 2.05) is 0 Å². The minimum Gasteiger partial charge on any atom is -0.481 e. The van der Waals surface area contributed by atoms with Crippen molar-refractivity contribution >= 4 is 27.5 Å². The maximum Gasteiger partial charge on any atom is 0.262 e. The molecule has 1 heterocycles. The predicted octanol–water partition coefficient (Wildman–Crippen LogP) is 3.00. The third-order valence-corrected chi connectivity index (χ3v) is 2.68. The van der Waals surface area contributed by atoms with Gasteiger partial charge < -0.3 is 10.1 Å². The number of ether oxygens (including phenoxy) is 1. The van der Waals surface area contributed by atoms with E-state index in [1.54, 1.807) is 24.3 Å². The Morgan fingerprint density at radius 3 is 2.79 bits per heavy atom. The quantitative estimate of drug-likeness (QED) is 0.879. The highest BCUT2D eigenvalue weighted by Crippen LogP contribution is 2.15. The molecule has 0 atom stereocenters. The molecule has 0 aliphatic heterocycles. The number of halogens is 2. The van der Waals surface area contributed by atoms with E-state index in [0.29, 0.717) is 10.3 Å². The number of nitrogens with zero attached hydrogens (tertiary/aromatic N) is 1. The molecule has 0 spiro atoms. The van der Waals surface area contributed by atoms with Gasteiger partial charge in [0.2, 0.25) is 0 Å².